The van der Waals surface area contributed by atoms with Gasteiger partial charge in [-0.15, -0.1) is 0 Å². The highest BCUT2D eigenvalue weighted by Crippen LogP contribution is 2.21. The van der Waals surface area contributed by atoms with Gasteiger partial charge in [-0.2, -0.15) is 9.78 Å². The number of hydrogen-bond donors (Lipinski definition) is 1. The maximum atomic E-state index is 12.6. The van der Waals surface area contributed by atoms with E-state index < -0.39 is 15.6 Å². The molecule has 1 aliphatic heterocycles. The molecule has 0 radical (unpaired) electrons. The Kier molecular flexibility index (Phi) is 8.15. The zero-order valence-electron chi connectivity index (χ0n) is 17.7. The molecule has 0 bridgehead atoms. The molecule has 3 rings (SSSR count). The third kappa shape index (κ3) is 6.29. The van der Waals surface area contributed by atoms with Gasteiger partial charge < -0.3 is 4.90 Å². The Hall–Kier alpha value is -1.45. The topological polar surface area (TPSA) is 84.3 Å². The van der Waals surface area contributed by atoms with Gasteiger partial charge in [0, 0.05) is 19.6 Å². The second kappa shape index (κ2) is 10.4. The number of benzene rings is 1. The molecule has 31 heavy (non-hydrogen) atoms. The minimum atomic E-state index is -3.63. The van der Waals surface area contributed by atoms with Crippen LogP contribution in [-0.4, -0.2) is 49.3 Å². The summed E-state index contributed by atoms with van der Waals surface area (Å²) in [7, 11) is -3.63. The van der Waals surface area contributed by atoms with Crippen molar-refractivity contribution < 1.29 is 8.42 Å². The number of nitrogens with one attached hydrogen (secondary N) is 1. The number of piperidine rings is 1. The molecule has 0 saturated carbocycles. The van der Waals surface area contributed by atoms with Gasteiger partial charge in [-0.1, -0.05) is 37.0 Å². The summed E-state index contributed by atoms with van der Waals surface area (Å²) < 4.78 is 28.8. The average molecular weight is 487 g/mol. The predicted octanol–water partition coefficient (Wildman–Crippen LogP) is 3.58. The van der Waals surface area contributed by atoms with E-state index in [1.807, 2.05) is 0 Å². The van der Waals surface area contributed by atoms with Crippen LogP contribution in [-0.2, 0) is 10.0 Å². The number of hydrogen-bond acceptors (Lipinski definition) is 5. The average Bonchev–Trinajstić information content (AvgIpc) is 2.71. The van der Waals surface area contributed by atoms with Crippen molar-refractivity contribution in [3.05, 3.63) is 50.9 Å². The number of rotatable bonds is 8. The van der Waals surface area contributed by atoms with E-state index in [0.717, 1.165) is 49.0 Å². The first-order valence-electron chi connectivity index (χ1n) is 10.4. The highest BCUT2D eigenvalue weighted by molar-refractivity contribution is 7.89. The fraction of sp³-hybridized carbons (Fsp3) is 0.524. The second-order valence-electron chi connectivity index (χ2n) is 8.33. The molecule has 0 amide bonds. The molecular formula is C21H28Cl2N4O3S. The van der Waals surface area contributed by atoms with Crippen LogP contribution < -0.4 is 10.3 Å². The smallest absolute Gasteiger partial charge is 0.291 e. The number of nitrogens with zero attached hydrogens (tertiary/aromatic N) is 3. The summed E-state index contributed by atoms with van der Waals surface area (Å²) in [6.45, 7) is 8.21. The lowest BCUT2D eigenvalue weighted by molar-refractivity contribution is 0.139. The largest absolute Gasteiger partial charge is 0.303 e. The molecule has 1 aromatic heterocycles. The van der Waals surface area contributed by atoms with E-state index >= 15 is 0 Å². The highest BCUT2D eigenvalue weighted by atomic mass is 35.5. The van der Waals surface area contributed by atoms with E-state index in [9.17, 15) is 13.2 Å². The Morgan fingerprint density at radius 3 is 2.39 bits per heavy atom. The first-order chi connectivity index (χ1) is 14.7. The zero-order chi connectivity index (χ0) is 22.6. The lowest BCUT2D eigenvalue weighted by atomic mass is 9.92. The summed E-state index contributed by atoms with van der Waals surface area (Å²) in [5.41, 5.74) is -0.173. The number of halogens is 2. The van der Waals surface area contributed by atoms with Crippen molar-refractivity contribution in [2.45, 2.75) is 38.0 Å². The second-order valence-corrected chi connectivity index (χ2v) is 10.9. The van der Waals surface area contributed by atoms with Crippen LogP contribution in [0.1, 0.15) is 33.1 Å². The van der Waals surface area contributed by atoms with Gasteiger partial charge in [-0.3, -0.25) is 4.79 Å². The summed E-state index contributed by atoms with van der Waals surface area (Å²) in [5.74, 6) is 1.44. The monoisotopic (exact) mass is 486 g/mol. The molecule has 7 nitrogen and oxygen atoms in total. The molecule has 1 fully saturated rings. The quantitative estimate of drug-likeness (QED) is 0.576. The third-order valence-corrected chi connectivity index (χ3v) is 7.63. The van der Waals surface area contributed by atoms with Gasteiger partial charge in [-0.05, 0) is 61.9 Å². The molecule has 0 aliphatic carbocycles. The van der Waals surface area contributed by atoms with E-state index in [1.165, 1.54) is 36.9 Å². The maximum absolute atomic E-state index is 12.6. The van der Waals surface area contributed by atoms with E-state index in [1.54, 1.807) is 0 Å². The summed E-state index contributed by atoms with van der Waals surface area (Å²) in [4.78, 5) is 14.8. The predicted molar refractivity (Wildman–Crippen MR) is 124 cm³/mol. The van der Waals surface area contributed by atoms with Gasteiger partial charge in [-0.25, -0.2) is 13.1 Å². The zero-order valence-corrected chi connectivity index (χ0v) is 20.1. The van der Waals surface area contributed by atoms with E-state index in [2.05, 4.69) is 28.6 Å². The standard InChI is InChI=1S/C21H28Cl2N4O3S/c1-15-11-16(2)14-26(13-15)10-4-3-9-25-31(29,30)18-7-5-17(6-8-18)27-21(28)20(23)19(22)12-24-27/h5-8,12,15-16,25H,3-4,9-11,13-14H2,1-2H3. The van der Waals surface area contributed by atoms with Gasteiger partial charge in [0.05, 0.1) is 21.8 Å². The van der Waals surface area contributed by atoms with Crippen LogP contribution >= 0.6 is 23.2 Å². The van der Waals surface area contributed by atoms with Crippen LogP contribution in [0.5, 0.6) is 0 Å². The van der Waals surface area contributed by atoms with Gasteiger partial charge in [0.25, 0.3) is 5.56 Å². The van der Waals surface area contributed by atoms with E-state index in [4.69, 9.17) is 23.2 Å². The van der Waals surface area contributed by atoms with Crippen LogP contribution in [0.4, 0.5) is 0 Å². The fourth-order valence-corrected chi connectivity index (χ4v) is 5.42. The molecule has 10 heteroatoms. The molecule has 2 aromatic rings. The van der Waals surface area contributed by atoms with Crippen LogP contribution in [0.3, 0.4) is 0 Å². The molecular weight excluding hydrogens is 459 g/mol. The summed E-state index contributed by atoms with van der Waals surface area (Å²) >= 11 is 11.7. The Labute approximate surface area is 193 Å². The van der Waals surface area contributed by atoms with Crippen molar-refractivity contribution >= 4 is 33.2 Å². The molecule has 1 aromatic carbocycles. The Bertz CT molecular complexity index is 1050. The Balaban J connectivity index is 1.53. The minimum Gasteiger partial charge on any atom is -0.303 e. The summed E-state index contributed by atoms with van der Waals surface area (Å²) in [6, 6.07) is 5.88. The molecule has 0 spiro atoms. The third-order valence-electron chi connectivity index (χ3n) is 5.41. The summed E-state index contributed by atoms with van der Waals surface area (Å²) in [6.07, 6.45) is 4.28. The van der Waals surface area contributed by atoms with Crippen molar-refractivity contribution in [3.8, 4) is 5.69 Å². The normalized spacial score (nSPS) is 20.1. The fourth-order valence-electron chi connectivity index (χ4n) is 4.09. The first-order valence-corrected chi connectivity index (χ1v) is 12.7. The van der Waals surface area contributed by atoms with Crippen molar-refractivity contribution in [2.24, 2.45) is 11.8 Å². The Morgan fingerprint density at radius 1 is 1.10 bits per heavy atom. The molecule has 2 atom stereocenters. The van der Waals surface area contributed by atoms with Crippen molar-refractivity contribution in [1.29, 1.82) is 0 Å². The molecule has 1 N–H and O–H groups in total. The molecule has 2 unspecified atom stereocenters. The SMILES string of the molecule is CC1CC(C)CN(CCCCNS(=O)(=O)c2ccc(-n3ncc(Cl)c(Cl)c3=O)cc2)C1. The number of unbranched alkanes of at least 4 members (excludes halogenated alkanes) is 1. The van der Waals surface area contributed by atoms with Crippen LogP contribution in [0.15, 0.2) is 40.2 Å². The number of aromatic nitrogens is 2. The Morgan fingerprint density at radius 2 is 1.74 bits per heavy atom. The van der Waals surface area contributed by atoms with Crippen molar-refractivity contribution in [3.63, 3.8) is 0 Å². The molecule has 170 valence electrons. The number of sulfonamides is 1. The van der Waals surface area contributed by atoms with E-state index in [0.29, 0.717) is 12.2 Å². The molecule has 1 aliphatic rings. The number of likely N-dealkylation sites (tertiary alicyclic amines) is 1. The minimum absolute atomic E-state index is 0.0654. The summed E-state index contributed by atoms with van der Waals surface area (Å²) in [5, 5.41) is 3.87. The van der Waals surface area contributed by atoms with Gasteiger partial charge in [0.1, 0.15) is 5.02 Å². The van der Waals surface area contributed by atoms with Gasteiger partial charge in [0.2, 0.25) is 10.0 Å². The lowest BCUT2D eigenvalue weighted by Crippen LogP contribution is -2.39. The highest BCUT2D eigenvalue weighted by Gasteiger charge is 2.21. The van der Waals surface area contributed by atoms with Crippen LogP contribution in [0.2, 0.25) is 10.0 Å². The van der Waals surface area contributed by atoms with Gasteiger partial charge >= 0.3 is 0 Å². The van der Waals surface area contributed by atoms with Crippen LogP contribution in [0.25, 0.3) is 5.69 Å². The van der Waals surface area contributed by atoms with Crippen molar-refractivity contribution in [1.82, 2.24) is 19.4 Å². The lowest BCUT2D eigenvalue weighted by Gasteiger charge is -2.34. The first kappa shape index (κ1) is 24.2. The molecule has 2 heterocycles. The maximum Gasteiger partial charge on any atom is 0.291 e. The molecule has 1 saturated heterocycles. The van der Waals surface area contributed by atoms with Gasteiger partial charge in [0.15, 0.2) is 0 Å². The van der Waals surface area contributed by atoms with E-state index in [-0.39, 0.29) is 14.9 Å². The van der Waals surface area contributed by atoms with Crippen LogP contribution in [0, 0.1) is 11.8 Å². The van der Waals surface area contributed by atoms with Crippen molar-refractivity contribution in [2.75, 3.05) is 26.2 Å².